The first-order valence-electron chi connectivity index (χ1n) is 7.76. The van der Waals surface area contributed by atoms with Crippen LogP contribution in [0, 0.1) is 5.82 Å². The van der Waals surface area contributed by atoms with Crippen molar-refractivity contribution in [1.82, 2.24) is 14.1 Å². The molecule has 2 N–H and O–H groups in total. The summed E-state index contributed by atoms with van der Waals surface area (Å²) in [5, 5.41) is 10.5. The van der Waals surface area contributed by atoms with Crippen molar-refractivity contribution in [3.05, 3.63) is 50.9 Å². The molecule has 0 aliphatic carbocycles. The molecular weight excluding hydrogens is 313 g/mol. The van der Waals surface area contributed by atoms with E-state index in [4.69, 9.17) is 0 Å². The summed E-state index contributed by atoms with van der Waals surface area (Å²) < 4.78 is 15.5. The van der Waals surface area contributed by atoms with Crippen LogP contribution in [0.1, 0.15) is 19.8 Å². The molecule has 0 spiro atoms. The summed E-state index contributed by atoms with van der Waals surface area (Å²) in [4.78, 5) is 27.9. The number of nitrogens with one attached hydrogen (secondary N) is 1. The number of unbranched alkanes of at least 4 members (excludes halogenated alkanes) is 1. The zero-order chi connectivity index (χ0) is 17.4. The third kappa shape index (κ3) is 2.42. The van der Waals surface area contributed by atoms with Gasteiger partial charge in [0.1, 0.15) is 16.9 Å². The first-order valence-corrected chi connectivity index (χ1v) is 7.76. The summed E-state index contributed by atoms with van der Waals surface area (Å²) in [5.74, 6) is -0.598. The Morgan fingerprint density at radius 2 is 1.88 bits per heavy atom. The van der Waals surface area contributed by atoms with Gasteiger partial charge in [0, 0.05) is 19.2 Å². The molecule has 0 aliphatic heterocycles. The fraction of sp³-hybridized carbons (Fsp3) is 0.294. The van der Waals surface area contributed by atoms with Gasteiger partial charge in [-0.3, -0.25) is 13.9 Å². The van der Waals surface area contributed by atoms with Crippen molar-refractivity contribution in [3.8, 4) is 17.0 Å². The number of aryl methyl sites for hydroxylation is 1. The molecule has 0 saturated carbocycles. The molecule has 0 amide bonds. The Kier molecular flexibility index (Phi) is 4.01. The number of aromatic nitrogens is 3. The molecule has 6 nitrogen and oxygen atoms in total. The molecule has 2 heterocycles. The Balaban J connectivity index is 2.30. The van der Waals surface area contributed by atoms with Gasteiger partial charge in [0.05, 0.1) is 5.69 Å². The largest absolute Gasteiger partial charge is 0.504 e. The number of hydrogen-bond donors (Lipinski definition) is 2. The quantitative estimate of drug-likeness (QED) is 0.770. The molecule has 0 fully saturated rings. The predicted octanol–water partition coefficient (Wildman–Crippen LogP) is 2.34. The lowest BCUT2D eigenvalue weighted by atomic mass is 10.1. The average molecular weight is 331 g/mol. The topological polar surface area (TPSA) is 80.0 Å². The van der Waals surface area contributed by atoms with Crippen LogP contribution in [0.25, 0.3) is 22.3 Å². The van der Waals surface area contributed by atoms with Gasteiger partial charge in [-0.25, -0.2) is 9.18 Å². The summed E-state index contributed by atoms with van der Waals surface area (Å²) in [6, 6.07) is 5.51. The maximum atomic E-state index is 13.1. The molecule has 0 unspecified atom stereocenters. The van der Waals surface area contributed by atoms with Gasteiger partial charge in [-0.05, 0) is 30.7 Å². The molecule has 24 heavy (non-hydrogen) atoms. The second kappa shape index (κ2) is 5.99. The number of rotatable bonds is 4. The van der Waals surface area contributed by atoms with Crippen LogP contribution in [-0.2, 0) is 13.6 Å². The van der Waals surface area contributed by atoms with Gasteiger partial charge in [-0.1, -0.05) is 13.3 Å². The smallest absolute Gasteiger partial charge is 0.331 e. The van der Waals surface area contributed by atoms with E-state index < -0.39 is 17.1 Å². The molecular formula is C17H18FN3O3. The van der Waals surface area contributed by atoms with E-state index >= 15 is 0 Å². The number of fused-ring (bicyclic) bond motifs is 1. The first-order chi connectivity index (χ1) is 11.5. The summed E-state index contributed by atoms with van der Waals surface area (Å²) in [6.45, 7) is 2.30. The van der Waals surface area contributed by atoms with Gasteiger partial charge in [-0.2, -0.15) is 0 Å². The third-order valence-corrected chi connectivity index (χ3v) is 4.13. The predicted molar refractivity (Wildman–Crippen MR) is 89.8 cm³/mol. The minimum Gasteiger partial charge on any atom is -0.504 e. The van der Waals surface area contributed by atoms with E-state index in [-0.39, 0.29) is 22.5 Å². The van der Waals surface area contributed by atoms with Crippen molar-refractivity contribution in [2.45, 2.75) is 26.3 Å². The van der Waals surface area contributed by atoms with Crippen LogP contribution in [0.3, 0.4) is 0 Å². The van der Waals surface area contributed by atoms with Crippen LogP contribution < -0.4 is 11.2 Å². The lowest BCUT2D eigenvalue weighted by Gasteiger charge is -2.07. The normalized spacial score (nSPS) is 11.3. The third-order valence-electron chi connectivity index (χ3n) is 4.13. The molecule has 126 valence electrons. The minimum atomic E-state index is -0.471. The summed E-state index contributed by atoms with van der Waals surface area (Å²) in [6.07, 6.45) is 1.56. The number of aromatic hydroxyl groups is 1. The van der Waals surface area contributed by atoms with Crippen LogP contribution >= 0.6 is 0 Å². The second-order valence-electron chi connectivity index (χ2n) is 5.73. The highest BCUT2D eigenvalue weighted by Gasteiger charge is 2.20. The maximum Gasteiger partial charge on any atom is 0.331 e. The van der Waals surface area contributed by atoms with Crippen LogP contribution in [-0.4, -0.2) is 19.2 Å². The second-order valence-corrected chi connectivity index (χ2v) is 5.73. The van der Waals surface area contributed by atoms with Crippen molar-refractivity contribution < 1.29 is 9.50 Å². The fourth-order valence-electron chi connectivity index (χ4n) is 2.80. The van der Waals surface area contributed by atoms with E-state index in [1.165, 1.54) is 35.9 Å². The molecule has 3 aromatic rings. The van der Waals surface area contributed by atoms with Gasteiger partial charge >= 0.3 is 5.69 Å². The summed E-state index contributed by atoms with van der Waals surface area (Å²) >= 11 is 0. The monoisotopic (exact) mass is 331 g/mol. The number of hydrogen-bond acceptors (Lipinski definition) is 3. The molecule has 0 atom stereocenters. The van der Waals surface area contributed by atoms with Gasteiger partial charge < -0.3 is 10.1 Å². The fourth-order valence-corrected chi connectivity index (χ4v) is 2.80. The van der Waals surface area contributed by atoms with E-state index in [2.05, 4.69) is 4.98 Å². The van der Waals surface area contributed by atoms with Gasteiger partial charge in [0.25, 0.3) is 5.56 Å². The lowest BCUT2D eigenvalue weighted by molar-refractivity contribution is 0.479. The van der Waals surface area contributed by atoms with Crippen molar-refractivity contribution >= 4 is 11.0 Å². The Labute approximate surface area is 136 Å². The van der Waals surface area contributed by atoms with Crippen molar-refractivity contribution in [1.29, 1.82) is 0 Å². The SMILES string of the molecule is CCCCn1c(=O)c2[nH]c(-c3ccc(F)cc3)c(O)c2n(C)c1=O. The van der Waals surface area contributed by atoms with Crippen LogP contribution in [0.5, 0.6) is 5.75 Å². The molecule has 1 aromatic carbocycles. The Morgan fingerprint density at radius 3 is 2.50 bits per heavy atom. The number of halogens is 1. The van der Waals surface area contributed by atoms with Crippen LogP contribution in [0.4, 0.5) is 4.39 Å². The van der Waals surface area contributed by atoms with Gasteiger partial charge in [-0.15, -0.1) is 0 Å². The molecule has 0 bridgehead atoms. The van der Waals surface area contributed by atoms with E-state index in [1.807, 2.05) is 6.92 Å². The molecule has 0 aliphatic rings. The van der Waals surface area contributed by atoms with E-state index in [1.54, 1.807) is 0 Å². The van der Waals surface area contributed by atoms with Gasteiger partial charge in [0.15, 0.2) is 5.75 Å². The molecule has 0 saturated heterocycles. The number of H-pyrrole nitrogens is 1. The molecule has 0 radical (unpaired) electrons. The highest BCUT2D eigenvalue weighted by molar-refractivity contribution is 5.90. The van der Waals surface area contributed by atoms with Crippen LogP contribution in [0.15, 0.2) is 33.9 Å². The van der Waals surface area contributed by atoms with Crippen molar-refractivity contribution in [2.24, 2.45) is 7.05 Å². The Hall–Kier alpha value is -2.83. The first kappa shape index (κ1) is 16.0. The van der Waals surface area contributed by atoms with Gasteiger partial charge in [0.2, 0.25) is 0 Å². The number of nitrogens with zero attached hydrogens (tertiary/aromatic N) is 2. The number of benzene rings is 1. The van der Waals surface area contributed by atoms with E-state index in [0.29, 0.717) is 18.5 Å². The van der Waals surface area contributed by atoms with Crippen molar-refractivity contribution in [3.63, 3.8) is 0 Å². The standard InChI is InChI=1S/C17H18FN3O3/c1-3-4-9-21-16(23)13-14(20(2)17(21)24)15(22)12(19-13)10-5-7-11(18)8-6-10/h5-8,19,22H,3-4,9H2,1-2H3. The molecule has 3 rings (SSSR count). The van der Waals surface area contributed by atoms with Crippen molar-refractivity contribution in [2.75, 3.05) is 0 Å². The van der Waals surface area contributed by atoms with E-state index in [0.717, 1.165) is 11.0 Å². The summed E-state index contributed by atoms with van der Waals surface area (Å²) in [7, 11) is 1.51. The van der Waals surface area contributed by atoms with Crippen LogP contribution in [0.2, 0.25) is 0 Å². The zero-order valence-corrected chi connectivity index (χ0v) is 13.5. The number of aromatic amines is 1. The average Bonchev–Trinajstić information content (AvgIpc) is 2.91. The molecule has 2 aromatic heterocycles. The zero-order valence-electron chi connectivity index (χ0n) is 13.5. The van der Waals surface area contributed by atoms with E-state index in [9.17, 15) is 19.1 Å². The highest BCUT2D eigenvalue weighted by Crippen LogP contribution is 2.33. The Morgan fingerprint density at radius 1 is 1.21 bits per heavy atom. The highest BCUT2D eigenvalue weighted by atomic mass is 19.1. The minimum absolute atomic E-state index is 0.150. The summed E-state index contributed by atoms with van der Waals surface area (Å²) in [5.41, 5.74) is 0.176. The Bertz CT molecular complexity index is 1010. The molecule has 7 heteroatoms. The lowest BCUT2D eigenvalue weighted by Crippen LogP contribution is -2.39. The maximum absolute atomic E-state index is 13.1.